The number of hydrogen-bond donors (Lipinski definition) is 1. The van der Waals surface area contributed by atoms with E-state index in [1.165, 1.54) is 16.7 Å². The highest BCUT2D eigenvalue weighted by molar-refractivity contribution is 5.73. The lowest BCUT2D eigenvalue weighted by Gasteiger charge is -2.14. The van der Waals surface area contributed by atoms with E-state index < -0.39 is 0 Å². The van der Waals surface area contributed by atoms with Crippen LogP contribution in [-0.2, 0) is 0 Å². The van der Waals surface area contributed by atoms with Gasteiger partial charge in [-0.1, -0.05) is 63.8 Å². The van der Waals surface area contributed by atoms with Crippen molar-refractivity contribution in [2.24, 2.45) is 5.92 Å². The second-order valence-corrected chi connectivity index (χ2v) is 5.47. The van der Waals surface area contributed by atoms with E-state index in [9.17, 15) is 0 Å². The standard InChI is InChI=1S/C19H27N/c1-6-17(19(14-20-5)12-15(2)3)13-16(4)18-10-8-7-9-11-18/h7-11,13-15,20H,4,6,12H2,1-3,5H3/b17-13-,19-14-. The Kier molecular flexibility index (Phi) is 6.86. The maximum absolute atomic E-state index is 4.21. The molecule has 0 aliphatic heterocycles. The van der Waals surface area contributed by atoms with Crippen LogP contribution in [0, 0.1) is 5.92 Å². The van der Waals surface area contributed by atoms with Crippen molar-refractivity contribution >= 4 is 5.57 Å². The van der Waals surface area contributed by atoms with Crippen molar-refractivity contribution in [1.82, 2.24) is 5.32 Å². The summed E-state index contributed by atoms with van der Waals surface area (Å²) in [4.78, 5) is 0. The van der Waals surface area contributed by atoms with Crippen LogP contribution < -0.4 is 5.32 Å². The van der Waals surface area contributed by atoms with Crippen molar-refractivity contribution in [1.29, 1.82) is 0 Å². The molecule has 0 bridgehead atoms. The van der Waals surface area contributed by atoms with E-state index >= 15 is 0 Å². The highest BCUT2D eigenvalue weighted by Crippen LogP contribution is 2.25. The Labute approximate surface area is 124 Å². The van der Waals surface area contributed by atoms with Crippen molar-refractivity contribution in [2.45, 2.75) is 33.6 Å². The van der Waals surface area contributed by atoms with Gasteiger partial charge in [-0.3, -0.25) is 0 Å². The van der Waals surface area contributed by atoms with Gasteiger partial charge < -0.3 is 5.32 Å². The summed E-state index contributed by atoms with van der Waals surface area (Å²) in [6, 6.07) is 10.4. The van der Waals surface area contributed by atoms with E-state index in [0.717, 1.165) is 18.4 Å². The van der Waals surface area contributed by atoms with Crippen molar-refractivity contribution in [2.75, 3.05) is 7.05 Å². The first kappa shape index (κ1) is 16.3. The molecule has 0 aliphatic carbocycles. The molecule has 0 atom stereocenters. The zero-order valence-corrected chi connectivity index (χ0v) is 13.2. The van der Waals surface area contributed by atoms with E-state index in [4.69, 9.17) is 0 Å². The highest BCUT2D eigenvalue weighted by atomic mass is 14.8. The van der Waals surface area contributed by atoms with Crippen LogP contribution in [0.2, 0.25) is 0 Å². The van der Waals surface area contributed by atoms with Crippen LogP contribution in [0.3, 0.4) is 0 Å². The fourth-order valence-corrected chi connectivity index (χ4v) is 2.26. The minimum absolute atomic E-state index is 0.648. The van der Waals surface area contributed by atoms with Gasteiger partial charge in [0, 0.05) is 7.05 Å². The largest absolute Gasteiger partial charge is 0.394 e. The molecule has 1 aromatic carbocycles. The number of rotatable bonds is 7. The summed E-state index contributed by atoms with van der Waals surface area (Å²) >= 11 is 0. The van der Waals surface area contributed by atoms with Crippen molar-refractivity contribution in [3.8, 4) is 0 Å². The molecule has 0 fully saturated rings. The first-order valence-electron chi connectivity index (χ1n) is 7.40. The highest BCUT2D eigenvalue weighted by Gasteiger charge is 2.07. The van der Waals surface area contributed by atoms with Gasteiger partial charge in [-0.05, 0) is 47.2 Å². The minimum atomic E-state index is 0.648. The van der Waals surface area contributed by atoms with Gasteiger partial charge in [-0.2, -0.15) is 0 Å². The Hall–Kier alpha value is -1.76. The number of allylic oxidation sites excluding steroid dienone is 4. The van der Waals surface area contributed by atoms with Crippen molar-refractivity contribution in [3.05, 3.63) is 65.9 Å². The van der Waals surface area contributed by atoms with Gasteiger partial charge in [0.1, 0.15) is 0 Å². The van der Waals surface area contributed by atoms with Gasteiger partial charge in [-0.25, -0.2) is 0 Å². The van der Waals surface area contributed by atoms with E-state index in [1.807, 2.05) is 13.1 Å². The van der Waals surface area contributed by atoms with E-state index in [-0.39, 0.29) is 0 Å². The number of nitrogens with one attached hydrogen (secondary N) is 1. The number of benzene rings is 1. The van der Waals surface area contributed by atoms with Gasteiger partial charge in [0.2, 0.25) is 0 Å². The van der Waals surface area contributed by atoms with Crippen LogP contribution in [0.25, 0.3) is 5.57 Å². The first-order valence-corrected chi connectivity index (χ1v) is 7.40. The Morgan fingerprint density at radius 1 is 1.20 bits per heavy atom. The fraction of sp³-hybridized carbons (Fsp3) is 0.368. The third kappa shape index (κ3) is 5.08. The average Bonchev–Trinajstić information content (AvgIpc) is 2.44. The van der Waals surface area contributed by atoms with Crippen molar-refractivity contribution in [3.63, 3.8) is 0 Å². The SMILES string of the molecule is C=C(/C=C(CC)\C(=C/NC)CC(C)C)c1ccccc1. The molecule has 20 heavy (non-hydrogen) atoms. The monoisotopic (exact) mass is 269 g/mol. The molecule has 0 heterocycles. The summed E-state index contributed by atoms with van der Waals surface area (Å²) in [5.74, 6) is 0.648. The van der Waals surface area contributed by atoms with Crippen molar-refractivity contribution < 1.29 is 0 Å². The molecule has 0 spiro atoms. The predicted molar refractivity (Wildman–Crippen MR) is 90.4 cm³/mol. The molecule has 0 amide bonds. The summed E-state index contributed by atoms with van der Waals surface area (Å²) < 4.78 is 0. The Balaban J connectivity index is 3.01. The van der Waals surface area contributed by atoms with E-state index in [1.54, 1.807) is 0 Å². The van der Waals surface area contributed by atoms with Gasteiger partial charge in [-0.15, -0.1) is 0 Å². The quantitative estimate of drug-likeness (QED) is 0.672. The molecule has 1 nitrogen and oxygen atoms in total. The lowest BCUT2D eigenvalue weighted by molar-refractivity contribution is 0.640. The second kappa shape index (κ2) is 8.42. The van der Waals surface area contributed by atoms with Crippen LogP contribution in [0.15, 0.2) is 60.3 Å². The molecular formula is C19H27N. The Morgan fingerprint density at radius 2 is 1.85 bits per heavy atom. The van der Waals surface area contributed by atoms with Gasteiger partial charge in [0.05, 0.1) is 0 Å². The van der Waals surface area contributed by atoms with Crippen LogP contribution in [0.5, 0.6) is 0 Å². The summed E-state index contributed by atoms with van der Waals surface area (Å²) in [5.41, 5.74) is 5.00. The molecule has 1 heteroatoms. The number of hydrogen-bond acceptors (Lipinski definition) is 1. The fourth-order valence-electron chi connectivity index (χ4n) is 2.26. The lowest BCUT2D eigenvalue weighted by atomic mass is 9.93. The molecule has 0 saturated carbocycles. The first-order chi connectivity index (χ1) is 9.58. The molecule has 1 rings (SSSR count). The molecule has 0 aliphatic rings. The van der Waals surface area contributed by atoms with Gasteiger partial charge in [0.15, 0.2) is 0 Å². The molecule has 0 unspecified atom stereocenters. The topological polar surface area (TPSA) is 12.0 Å². The zero-order chi connectivity index (χ0) is 15.0. The van der Waals surface area contributed by atoms with E-state index in [2.05, 4.69) is 69.2 Å². The second-order valence-electron chi connectivity index (χ2n) is 5.47. The van der Waals surface area contributed by atoms with Crippen LogP contribution in [-0.4, -0.2) is 7.05 Å². The van der Waals surface area contributed by atoms with Crippen LogP contribution in [0.4, 0.5) is 0 Å². The molecule has 1 N–H and O–H groups in total. The van der Waals surface area contributed by atoms with E-state index in [0.29, 0.717) is 5.92 Å². The van der Waals surface area contributed by atoms with Gasteiger partial charge >= 0.3 is 0 Å². The normalized spacial score (nSPS) is 12.7. The average molecular weight is 269 g/mol. The maximum atomic E-state index is 4.21. The van der Waals surface area contributed by atoms with Crippen LogP contribution >= 0.6 is 0 Å². The zero-order valence-electron chi connectivity index (χ0n) is 13.2. The molecule has 0 aromatic heterocycles. The predicted octanol–water partition coefficient (Wildman–Crippen LogP) is 5.19. The molecule has 1 aromatic rings. The van der Waals surface area contributed by atoms with Crippen LogP contribution in [0.1, 0.15) is 39.2 Å². The summed E-state index contributed by atoms with van der Waals surface area (Å²) in [6.45, 7) is 10.9. The maximum Gasteiger partial charge on any atom is 0.00278 e. The minimum Gasteiger partial charge on any atom is -0.394 e. The molecule has 0 radical (unpaired) electrons. The summed E-state index contributed by atoms with van der Waals surface area (Å²) in [7, 11) is 1.96. The molecular weight excluding hydrogens is 242 g/mol. The smallest absolute Gasteiger partial charge is 0.00278 e. The molecule has 108 valence electrons. The lowest BCUT2D eigenvalue weighted by Crippen LogP contribution is -2.02. The summed E-state index contributed by atoms with van der Waals surface area (Å²) in [6.07, 6.45) is 6.45. The van der Waals surface area contributed by atoms with Gasteiger partial charge in [0.25, 0.3) is 0 Å². The third-order valence-corrected chi connectivity index (χ3v) is 3.23. The molecule has 0 saturated heterocycles. The Bertz CT molecular complexity index is 478. The Morgan fingerprint density at radius 3 is 2.35 bits per heavy atom. The third-order valence-electron chi connectivity index (χ3n) is 3.23. The summed E-state index contributed by atoms with van der Waals surface area (Å²) in [5, 5.41) is 3.17.